The molecule has 0 spiro atoms. The summed E-state index contributed by atoms with van der Waals surface area (Å²) in [5, 5.41) is 15.0. The van der Waals surface area contributed by atoms with Crippen molar-refractivity contribution >= 4 is 86.2 Å². The molecule has 9 rings (SSSR count). The number of fused-ring (bicyclic) bond motifs is 8. The predicted molar refractivity (Wildman–Crippen MR) is 172 cm³/mol. The summed E-state index contributed by atoms with van der Waals surface area (Å²) in [6, 6.07) is 42.7. The average molecular weight is 532 g/mol. The molecule has 9 aromatic rings. The summed E-state index contributed by atoms with van der Waals surface area (Å²) in [6.45, 7) is 0. The fraction of sp³-hybridized carbons (Fsp3) is 0. The van der Waals surface area contributed by atoms with E-state index in [9.17, 15) is 0 Å². The van der Waals surface area contributed by atoms with Crippen LogP contribution in [0, 0.1) is 0 Å². The number of hydrogen-bond donors (Lipinski definition) is 0. The van der Waals surface area contributed by atoms with Crippen molar-refractivity contribution in [1.29, 1.82) is 0 Å². The van der Waals surface area contributed by atoms with Crippen molar-refractivity contribution in [3.05, 3.63) is 126 Å². The minimum absolute atomic E-state index is 1.19. The summed E-state index contributed by atoms with van der Waals surface area (Å²) >= 11 is 3.65. The summed E-state index contributed by atoms with van der Waals surface area (Å²) in [4.78, 5) is 0. The zero-order valence-corrected chi connectivity index (χ0v) is 22.5. The highest BCUT2D eigenvalue weighted by Crippen LogP contribution is 2.44. The van der Waals surface area contributed by atoms with E-state index in [1.165, 1.54) is 80.3 Å². The van der Waals surface area contributed by atoms with Gasteiger partial charge in [-0.15, -0.1) is 22.7 Å². The molecule has 0 radical (unpaired) electrons. The van der Waals surface area contributed by atoms with Crippen LogP contribution < -0.4 is 0 Å². The maximum atomic E-state index is 2.45. The Morgan fingerprint density at radius 1 is 0.436 bits per heavy atom. The predicted octanol–water partition coefficient (Wildman–Crippen LogP) is 11.2. The molecule has 6 aromatic carbocycles. The standard InChI is InChI=1S/C36H21NS2/c1-2-8-24(9-3-1)37-33-12-6-4-10-25(33)31-19-29-28(32-21-39-35-13-7-5-11-26(32)35)17-23-18-36-22(14-15-38-36)16-27(23)30(29)20-34(31)37/h1-21H. The molecule has 0 saturated heterocycles. The minimum Gasteiger partial charge on any atom is -0.309 e. The van der Waals surface area contributed by atoms with Crippen molar-refractivity contribution in [2.45, 2.75) is 0 Å². The van der Waals surface area contributed by atoms with E-state index in [-0.39, 0.29) is 0 Å². The molecule has 0 N–H and O–H groups in total. The molecule has 0 aliphatic rings. The molecule has 0 atom stereocenters. The van der Waals surface area contributed by atoms with Crippen molar-refractivity contribution < 1.29 is 0 Å². The molecule has 0 fully saturated rings. The van der Waals surface area contributed by atoms with E-state index in [0.29, 0.717) is 0 Å². The molecule has 0 unspecified atom stereocenters. The molecule has 0 amide bonds. The van der Waals surface area contributed by atoms with Gasteiger partial charge in [-0.2, -0.15) is 0 Å². The van der Waals surface area contributed by atoms with Gasteiger partial charge in [-0.05, 0) is 104 Å². The Labute approximate surface area is 232 Å². The topological polar surface area (TPSA) is 4.93 Å². The quantitative estimate of drug-likeness (QED) is 0.196. The minimum atomic E-state index is 1.19. The monoisotopic (exact) mass is 531 g/mol. The fourth-order valence-electron chi connectivity index (χ4n) is 6.34. The van der Waals surface area contributed by atoms with Crippen LogP contribution in [0.25, 0.3) is 80.3 Å². The number of hydrogen-bond acceptors (Lipinski definition) is 2. The first kappa shape index (κ1) is 21.5. The number of para-hydroxylation sites is 2. The van der Waals surface area contributed by atoms with E-state index in [2.05, 4.69) is 131 Å². The van der Waals surface area contributed by atoms with Gasteiger partial charge in [0.2, 0.25) is 0 Å². The van der Waals surface area contributed by atoms with Crippen LogP contribution >= 0.6 is 22.7 Å². The molecule has 3 heteroatoms. The summed E-state index contributed by atoms with van der Waals surface area (Å²) in [6.07, 6.45) is 0. The maximum Gasteiger partial charge on any atom is 0.0547 e. The van der Waals surface area contributed by atoms with Crippen molar-refractivity contribution in [2.75, 3.05) is 0 Å². The molecule has 0 aliphatic carbocycles. The third kappa shape index (κ3) is 3.06. The summed E-state index contributed by atoms with van der Waals surface area (Å²) in [5.41, 5.74) is 6.30. The first-order chi connectivity index (χ1) is 19.3. The number of aromatic nitrogens is 1. The van der Waals surface area contributed by atoms with E-state index in [0.717, 1.165) is 0 Å². The van der Waals surface area contributed by atoms with E-state index < -0.39 is 0 Å². The Morgan fingerprint density at radius 3 is 2.18 bits per heavy atom. The number of benzene rings is 6. The van der Waals surface area contributed by atoms with Crippen LogP contribution in [0.4, 0.5) is 0 Å². The lowest BCUT2D eigenvalue weighted by Crippen LogP contribution is -1.93. The molecule has 0 bridgehead atoms. The second-order valence-corrected chi connectivity index (χ2v) is 12.1. The molecule has 3 aromatic heterocycles. The summed E-state index contributed by atoms with van der Waals surface area (Å²) in [7, 11) is 0. The van der Waals surface area contributed by atoms with Crippen LogP contribution in [-0.2, 0) is 0 Å². The first-order valence-corrected chi connectivity index (χ1v) is 14.9. The van der Waals surface area contributed by atoms with Gasteiger partial charge in [0.15, 0.2) is 0 Å². The molecular formula is C36H21NS2. The summed E-state index contributed by atoms with van der Waals surface area (Å²) in [5.74, 6) is 0. The van der Waals surface area contributed by atoms with Crippen LogP contribution in [0.1, 0.15) is 0 Å². The zero-order valence-electron chi connectivity index (χ0n) is 20.9. The zero-order chi connectivity index (χ0) is 25.5. The fourth-order valence-corrected chi connectivity index (χ4v) is 8.12. The second-order valence-electron chi connectivity index (χ2n) is 10.2. The summed E-state index contributed by atoms with van der Waals surface area (Å²) < 4.78 is 5.09. The Bertz CT molecular complexity index is 2390. The van der Waals surface area contributed by atoms with Crippen molar-refractivity contribution in [3.8, 4) is 16.8 Å². The van der Waals surface area contributed by atoms with Crippen molar-refractivity contribution in [1.82, 2.24) is 4.57 Å². The van der Waals surface area contributed by atoms with Gasteiger partial charge in [-0.3, -0.25) is 0 Å². The van der Waals surface area contributed by atoms with Crippen LogP contribution in [0.15, 0.2) is 126 Å². The van der Waals surface area contributed by atoms with Gasteiger partial charge in [0.1, 0.15) is 0 Å². The van der Waals surface area contributed by atoms with Gasteiger partial charge in [-0.1, -0.05) is 54.6 Å². The lowest BCUT2D eigenvalue weighted by atomic mass is 9.91. The SMILES string of the molecule is c1ccc(-n2c3ccccc3c3cc4c(-c5csc6ccccc56)cc5cc6sccc6cc5c4cc32)cc1. The molecule has 0 aliphatic heterocycles. The lowest BCUT2D eigenvalue weighted by Gasteiger charge is -2.13. The van der Waals surface area contributed by atoms with Gasteiger partial charge in [-0.25, -0.2) is 0 Å². The molecule has 0 saturated carbocycles. The Kier molecular flexibility index (Phi) is 4.43. The number of nitrogens with zero attached hydrogens (tertiary/aromatic N) is 1. The normalized spacial score (nSPS) is 12.1. The Hall–Kier alpha value is -4.44. The molecular weight excluding hydrogens is 511 g/mol. The van der Waals surface area contributed by atoms with Crippen LogP contribution in [0.5, 0.6) is 0 Å². The van der Waals surface area contributed by atoms with Gasteiger partial charge in [0, 0.05) is 36.8 Å². The van der Waals surface area contributed by atoms with Gasteiger partial charge >= 0.3 is 0 Å². The van der Waals surface area contributed by atoms with Crippen LogP contribution in [0.3, 0.4) is 0 Å². The Balaban J connectivity index is 1.51. The van der Waals surface area contributed by atoms with Crippen molar-refractivity contribution in [2.24, 2.45) is 0 Å². The highest BCUT2D eigenvalue weighted by molar-refractivity contribution is 7.18. The number of thiophene rings is 2. The van der Waals surface area contributed by atoms with Crippen molar-refractivity contribution in [3.63, 3.8) is 0 Å². The molecule has 3 heterocycles. The third-order valence-corrected chi connectivity index (χ3v) is 9.95. The van der Waals surface area contributed by atoms with E-state index in [1.54, 1.807) is 0 Å². The number of rotatable bonds is 2. The van der Waals surface area contributed by atoms with Gasteiger partial charge in [0.25, 0.3) is 0 Å². The van der Waals surface area contributed by atoms with E-state index in [4.69, 9.17) is 0 Å². The van der Waals surface area contributed by atoms with Gasteiger partial charge < -0.3 is 4.57 Å². The highest BCUT2D eigenvalue weighted by Gasteiger charge is 2.18. The van der Waals surface area contributed by atoms with Crippen LogP contribution in [-0.4, -0.2) is 4.57 Å². The van der Waals surface area contributed by atoms with Crippen LogP contribution in [0.2, 0.25) is 0 Å². The molecule has 39 heavy (non-hydrogen) atoms. The second kappa shape index (κ2) is 8.03. The van der Waals surface area contributed by atoms with E-state index >= 15 is 0 Å². The smallest absolute Gasteiger partial charge is 0.0547 e. The third-order valence-electron chi connectivity index (χ3n) is 8.10. The maximum absolute atomic E-state index is 2.45. The Morgan fingerprint density at radius 2 is 1.26 bits per heavy atom. The lowest BCUT2D eigenvalue weighted by molar-refractivity contribution is 1.18. The molecule has 1 nitrogen and oxygen atoms in total. The van der Waals surface area contributed by atoms with E-state index in [1.807, 2.05) is 22.7 Å². The highest BCUT2D eigenvalue weighted by atomic mass is 32.1. The average Bonchev–Trinajstić information content (AvgIpc) is 3.70. The largest absolute Gasteiger partial charge is 0.309 e. The molecule has 182 valence electrons. The first-order valence-electron chi connectivity index (χ1n) is 13.2. The van der Waals surface area contributed by atoms with Gasteiger partial charge in [0.05, 0.1) is 11.0 Å².